The van der Waals surface area contributed by atoms with Crippen LogP contribution in [-0.4, -0.2) is 31.7 Å². The first-order chi connectivity index (χ1) is 14.1. The Labute approximate surface area is 172 Å². The topological polar surface area (TPSA) is 83.4 Å². The molecule has 4 rings (SSSR count). The number of likely N-dealkylation sites (tertiary alicyclic amines) is 1. The molecule has 1 aromatic carbocycles. The van der Waals surface area contributed by atoms with Crippen molar-refractivity contribution in [3.05, 3.63) is 101 Å². The number of nitrogens with zero attached hydrogens (tertiary/aromatic N) is 3. The molecule has 29 heavy (non-hydrogen) atoms. The van der Waals surface area contributed by atoms with Gasteiger partial charge in [0.15, 0.2) is 0 Å². The third-order valence-electron chi connectivity index (χ3n) is 4.74. The van der Waals surface area contributed by atoms with Crippen LogP contribution in [0.25, 0.3) is 5.76 Å². The number of hydrogen-bond donors (Lipinski definition) is 1. The lowest BCUT2D eigenvalue weighted by Gasteiger charge is -2.24. The molecule has 1 aliphatic heterocycles. The summed E-state index contributed by atoms with van der Waals surface area (Å²) in [4.78, 5) is 35.4. The third kappa shape index (κ3) is 3.62. The van der Waals surface area contributed by atoms with Gasteiger partial charge in [-0.15, -0.1) is 0 Å². The predicted molar refractivity (Wildman–Crippen MR) is 108 cm³/mol. The molecule has 0 aliphatic carbocycles. The van der Waals surface area contributed by atoms with Crippen LogP contribution in [0.5, 0.6) is 0 Å². The van der Waals surface area contributed by atoms with Crippen molar-refractivity contribution in [3.8, 4) is 0 Å². The fourth-order valence-corrected chi connectivity index (χ4v) is 3.49. The number of aliphatic hydroxyl groups is 1. The Balaban J connectivity index is 1.85. The van der Waals surface area contributed by atoms with E-state index in [1.807, 2.05) is 6.07 Å². The zero-order valence-electron chi connectivity index (χ0n) is 15.2. The minimum atomic E-state index is -0.754. The smallest absolute Gasteiger partial charge is 0.296 e. The monoisotopic (exact) mass is 405 g/mol. The molecule has 0 bridgehead atoms. The Bertz CT molecular complexity index is 1080. The predicted octanol–water partition coefficient (Wildman–Crippen LogP) is 3.75. The first kappa shape index (κ1) is 18.8. The molecular formula is C22H16ClN3O3. The Kier molecular flexibility index (Phi) is 5.10. The van der Waals surface area contributed by atoms with Gasteiger partial charge in [0.1, 0.15) is 5.76 Å². The number of pyridine rings is 2. The first-order valence-corrected chi connectivity index (χ1v) is 9.28. The molecule has 3 heterocycles. The summed E-state index contributed by atoms with van der Waals surface area (Å²) in [5, 5.41) is 11.4. The van der Waals surface area contributed by atoms with Gasteiger partial charge < -0.3 is 10.0 Å². The average Bonchev–Trinajstić information content (AvgIpc) is 3.00. The second kappa shape index (κ2) is 7.85. The summed E-state index contributed by atoms with van der Waals surface area (Å²) in [7, 11) is 0. The van der Waals surface area contributed by atoms with Gasteiger partial charge in [-0.05, 0) is 54.1 Å². The fraction of sp³-hybridized carbons (Fsp3) is 0.0909. The molecule has 1 atom stereocenters. The summed E-state index contributed by atoms with van der Waals surface area (Å²) in [5.74, 6) is -1.67. The lowest BCUT2D eigenvalue weighted by Crippen LogP contribution is -2.29. The van der Waals surface area contributed by atoms with Gasteiger partial charge in [0, 0.05) is 29.2 Å². The van der Waals surface area contributed by atoms with Gasteiger partial charge in [0.2, 0.25) is 0 Å². The maximum absolute atomic E-state index is 12.9. The van der Waals surface area contributed by atoms with Gasteiger partial charge in [-0.1, -0.05) is 17.7 Å². The molecule has 1 N–H and O–H groups in total. The number of carbonyl (C=O) groups is 2. The molecule has 1 unspecified atom stereocenters. The minimum Gasteiger partial charge on any atom is -0.507 e. The first-order valence-electron chi connectivity index (χ1n) is 8.90. The lowest BCUT2D eigenvalue weighted by atomic mass is 9.96. The standard InChI is InChI=1S/C22H16ClN3O3/c23-16-6-4-15(5-7-16)20(27)18-19(14-8-11-24-12-9-14)26(22(29)21(18)28)13-17-3-1-2-10-25-17/h1-12,19,27H,13H2/b20-18+. The lowest BCUT2D eigenvalue weighted by molar-refractivity contribution is -0.140. The van der Waals surface area contributed by atoms with Crippen molar-refractivity contribution < 1.29 is 14.7 Å². The van der Waals surface area contributed by atoms with E-state index in [1.165, 1.54) is 4.90 Å². The minimum absolute atomic E-state index is 0.0273. The SMILES string of the molecule is O=C1C(=O)N(Cc2ccccn2)C(c2ccncc2)/C1=C(\O)c1ccc(Cl)cc1. The maximum Gasteiger partial charge on any atom is 0.296 e. The van der Waals surface area contributed by atoms with Gasteiger partial charge >= 0.3 is 0 Å². The van der Waals surface area contributed by atoms with Crippen molar-refractivity contribution in [1.82, 2.24) is 14.9 Å². The quantitative estimate of drug-likeness (QED) is 0.406. The Morgan fingerprint density at radius 1 is 1.00 bits per heavy atom. The molecule has 1 fully saturated rings. The number of Topliss-reactive ketones (excluding diaryl/α,β-unsaturated/α-hetero) is 1. The summed E-state index contributed by atoms with van der Waals surface area (Å²) >= 11 is 5.93. The summed E-state index contributed by atoms with van der Waals surface area (Å²) in [6.07, 6.45) is 4.79. The van der Waals surface area contributed by atoms with Crippen LogP contribution in [-0.2, 0) is 16.1 Å². The number of aromatic nitrogens is 2. The number of hydrogen-bond acceptors (Lipinski definition) is 5. The third-order valence-corrected chi connectivity index (χ3v) is 4.99. The van der Waals surface area contributed by atoms with Crippen LogP contribution >= 0.6 is 11.6 Å². The number of rotatable bonds is 4. The van der Waals surface area contributed by atoms with E-state index in [2.05, 4.69) is 9.97 Å². The zero-order chi connectivity index (χ0) is 20.4. The van der Waals surface area contributed by atoms with E-state index in [0.717, 1.165) is 0 Å². The highest BCUT2D eigenvalue weighted by Crippen LogP contribution is 2.40. The van der Waals surface area contributed by atoms with Crippen LogP contribution < -0.4 is 0 Å². The van der Waals surface area contributed by atoms with Crippen molar-refractivity contribution >= 4 is 29.1 Å². The van der Waals surface area contributed by atoms with Crippen LogP contribution in [0, 0.1) is 0 Å². The molecule has 6 nitrogen and oxygen atoms in total. The second-order valence-electron chi connectivity index (χ2n) is 6.54. The maximum atomic E-state index is 12.9. The van der Waals surface area contributed by atoms with Gasteiger partial charge in [0.05, 0.1) is 23.9 Å². The average molecular weight is 406 g/mol. The van der Waals surface area contributed by atoms with Gasteiger partial charge in [-0.3, -0.25) is 19.6 Å². The molecule has 3 aromatic rings. The Morgan fingerprint density at radius 2 is 1.72 bits per heavy atom. The molecule has 144 valence electrons. The Hall–Kier alpha value is -3.51. The molecule has 0 radical (unpaired) electrons. The van der Waals surface area contributed by atoms with Gasteiger partial charge in [-0.25, -0.2) is 0 Å². The van der Waals surface area contributed by atoms with Gasteiger partial charge in [0.25, 0.3) is 11.7 Å². The molecule has 7 heteroatoms. The summed E-state index contributed by atoms with van der Waals surface area (Å²) in [5.41, 5.74) is 1.74. The van der Waals surface area contributed by atoms with E-state index in [-0.39, 0.29) is 17.9 Å². The van der Waals surface area contributed by atoms with E-state index in [9.17, 15) is 14.7 Å². The highest BCUT2D eigenvalue weighted by Gasteiger charge is 2.46. The van der Waals surface area contributed by atoms with Crippen LogP contribution in [0.1, 0.15) is 22.9 Å². The van der Waals surface area contributed by atoms with Crippen molar-refractivity contribution in [1.29, 1.82) is 0 Å². The van der Waals surface area contributed by atoms with E-state index in [4.69, 9.17) is 11.6 Å². The second-order valence-corrected chi connectivity index (χ2v) is 6.97. The molecule has 0 spiro atoms. The van der Waals surface area contributed by atoms with Crippen molar-refractivity contribution in [2.45, 2.75) is 12.6 Å². The fourth-order valence-electron chi connectivity index (χ4n) is 3.36. The number of ketones is 1. The van der Waals surface area contributed by atoms with Crippen LogP contribution in [0.3, 0.4) is 0 Å². The summed E-state index contributed by atoms with van der Waals surface area (Å²) in [6, 6.07) is 14.5. The van der Waals surface area contributed by atoms with E-state index < -0.39 is 17.7 Å². The van der Waals surface area contributed by atoms with Crippen LogP contribution in [0.2, 0.25) is 5.02 Å². The highest BCUT2D eigenvalue weighted by molar-refractivity contribution is 6.46. The number of amides is 1. The van der Waals surface area contributed by atoms with Crippen molar-refractivity contribution in [2.75, 3.05) is 0 Å². The molecule has 0 saturated carbocycles. The van der Waals surface area contributed by atoms with Gasteiger partial charge in [-0.2, -0.15) is 0 Å². The van der Waals surface area contributed by atoms with Crippen molar-refractivity contribution in [3.63, 3.8) is 0 Å². The molecule has 1 aliphatic rings. The molecule has 2 aromatic heterocycles. The van der Waals surface area contributed by atoms with Crippen LogP contribution in [0.15, 0.2) is 78.8 Å². The number of aliphatic hydroxyl groups excluding tert-OH is 1. The molecule has 1 amide bonds. The van der Waals surface area contributed by atoms with E-state index in [1.54, 1.807) is 67.1 Å². The van der Waals surface area contributed by atoms with Crippen LogP contribution in [0.4, 0.5) is 0 Å². The summed E-state index contributed by atoms with van der Waals surface area (Å²) in [6.45, 7) is 0.135. The summed E-state index contributed by atoms with van der Waals surface area (Å²) < 4.78 is 0. The van der Waals surface area contributed by atoms with Crippen molar-refractivity contribution in [2.24, 2.45) is 0 Å². The van der Waals surface area contributed by atoms with E-state index in [0.29, 0.717) is 21.8 Å². The molecule has 1 saturated heterocycles. The normalized spacial score (nSPS) is 18.2. The van der Waals surface area contributed by atoms with E-state index >= 15 is 0 Å². The number of benzene rings is 1. The zero-order valence-corrected chi connectivity index (χ0v) is 16.0. The largest absolute Gasteiger partial charge is 0.507 e. The molecular weight excluding hydrogens is 390 g/mol. The Morgan fingerprint density at radius 3 is 2.38 bits per heavy atom. The highest BCUT2D eigenvalue weighted by atomic mass is 35.5. The number of carbonyl (C=O) groups excluding carboxylic acids is 2. The number of halogens is 1.